The van der Waals surface area contributed by atoms with Crippen molar-refractivity contribution in [2.45, 2.75) is 52.4 Å². The Balaban J connectivity index is 1.97. The molecule has 2 aromatic rings. The Labute approximate surface area is 187 Å². The summed E-state index contributed by atoms with van der Waals surface area (Å²) in [4.78, 5) is 27.1. The Hall–Kier alpha value is -3.06. The molecule has 2 aliphatic rings. The Morgan fingerprint density at radius 1 is 1.25 bits per heavy atom. The second kappa shape index (κ2) is 8.13. The van der Waals surface area contributed by atoms with E-state index in [0.717, 1.165) is 16.7 Å². The van der Waals surface area contributed by atoms with Gasteiger partial charge in [0.2, 0.25) is 0 Å². The predicted molar refractivity (Wildman–Crippen MR) is 119 cm³/mol. The molecule has 0 aromatic heterocycles. The molecule has 4 rings (SSSR count). The lowest BCUT2D eigenvalue weighted by atomic mass is 9.84. The largest absolute Gasteiger partial charge is 0.497 e. The minimum Gasteiger partial charge on any atom is -0.497 e. The maximum absolute atomic E-state index is 13.8. The summed E-state index contributed by atoms with van der Waals surface area (Å²) in [6.45, 7) is 8.43. The molecule has 2 aromatic carbocycles. The third-order valence-corrected chi connectivity index (χ3v) is 6.05. The van der Waals surface area contributed by atoms with Crippen LogP contribution in [0.25, 0.3) is 0 Å². The van der Waals surface area contributed by atoms with Gasteiger partial charge < -0.3 is 19.3 Å². The smallest absolute Gasteiger partial charge is 0.306 e. The Morgan fingerprint density at radius 3 is 2.66 bits per heavy atom. The van der Waals surface area contributed by atoms with Crippen molar-refractivity contribution in [3.05, 3.63) is 53.1 Å². The number of benzene rings is 2. The third-order valence-electron chi connectivity index (χ3n) is 6.05. The van der Waals surface area contributed by atoms with Gasteiger partial charge in [0, 0.05) is 5.56 Å². The van der Waals surface area contributed by atoms with Crippen molar-refractivity contribution in [3.8, 4) is 11.5 Å². The summed E-state index contributed by atoms with van der Waals surface area (Å²) in [6, 6.07) is 11.1. The Kier molecular flexibility index (Phi) is 5.63. The quantitative estimate of drug-likeness (QED) is 0.772. The highest BCUT2D eigenvalue weighted by molar-refractivity contribution is 6.02. The van der Waals surface area contributed by atoms with E-state index in [1.807, 2.05) is 64.1 Å². The van der Waals surface area contributed by atoms with Crippen LogP contribution in [0, 0.1) is 12.3 Å². The molecule has 0 aliphatic carbocycles. The number of methoxy groups -OCH3 is 1. The van der Waals surface area contributed by atoms with Gasteiger partial charge in [-0.15, -0.1) is 0 Å². The number of carbonyl (C=O) groups is 2. The van der Waals surface area contributed by atoms with E-state index in [0.29, 0.717) is 23.8 Å². The van der Waals surface area contributed by atoms with Gasteiger partial charge in [0.15, 0.2) is 0 Å². The van der Waals surface area contributed by atoms with Crippen molar-refractivity contribution >= 4 is 17.6 Å². The van der Waals surface area contributed by atoms with Crippen LogP contribution in [0.4, 0.5) is 5.69 Å². The first-order valence-electron chi connectivity index (χ1n) is 10.7. The number of hydrogen-bond acceptors (Lipinski definition) is 5. The van der Waals surface area contributed by atoms with Crippen LogP contribution in [0.15, 0.2) is 36.4 Å². The molecule has 3 atom stereocenters. The molecule has 2 heterocycles. The highest BCUT2D eigenvalue weighted by Crippen LogP contribution is 2.49. The van der Waals surface area contributed by atoms with E-state index in [2.05, 4.69) is 0 Å². The molecule has 2 aliphatic heterocycles. The molecule has 0 fully saturated rings. The zero-order valence-corrected chi connectivity index (χ0v) is 19.0. The van der Waals surface area contributed by atoms with Gasteiger partial charge in [-0.05, 0) is 41.7 Å². The first kappa shape index (κ1) is 22.1. The van der Waals surface area contributed by atoms with Crippen molar-refractivity contribution in [2.75, 3.05) is 18.6 Å². The summed E-state index contributed by atoms with van der Waals surface area (Å²) in [6.07, 6.45) is -2.21. The van der Waals surface area contributed by atoms with Crippen molar-refractivity contribution < 1.29 is 28.9 Å². The van der Waals surface area contributed by atoms with Crippen LogP contribution in [0.3, 0.4) is 0 Å². The number of ether oxygens (including phenoxy) is 3. The van der Waals surface area contributed by atoms with Gasteiger partial charge in [0.1, 0.15) is 30.3 Å². The zero-order valence-electron chi connectivity index (χ0n) is 19.0. The molecule has 0 radical (unpaired) electrons. The van der Waals surface area contributed by atoms with E-state index in [9.17, 15) is 14.7 Å². The minimum absolute atomic E-state index is 0.270. The van der Waals surface area contributed by atoms with Crippen LogP contribution < -0.4 is 14.4 Å². The van der Waals surface area contributed by atoms with Crippen molar-refractivity contribution in [2.24, 2.45) is 5.41 Å². The molecule has 0 spiro atoms. The van der Waals surface area contributed by atoms with Crippen molar-refractivity contribution in [1.82, 2.24) is 0 Å². The van der Waals surface area contributed by atoms with E-state index in [4.69, 9.17) is 14.2 Å². The lowest BCUT2D eigenvalue weighted by Crippen LogP contribution is -2.56. The second-order valence-corrected chi connectivity index (χ2v) is 9.48. The van der Waals surface area contributed by atoms with Gasteiger partial charge in [-0.3, -0.25) is 14.5 Å². The molecule has 170 valence electrons. The molecule has 1 N–H and O–H groups in total. The molecule has 0 saturated carbocycles. The lowest BCUT2D eigenvalue weighted by Gasteiger charge is -2.44. The van der Waals surface area contributed by atoms with Gasteiger partial charge in [0.25, 0.3) is 5.91 Å². The molecule has 7 heteroatoms. The van der Waals surface area contributed by atoms with Crippen LogP contribution in [0.5, 0.6) is 11.5 Å². The van der Waals surface area contributed by atoms with Gasteiger partial charge >= 0.3 is 5.97 Å². The lowest BCUT2D eigenvalue weighted by molar-refractivity contribution is -0.147. The topological polar surface area (TPSA) is 85.3 Å². The van der Waals surface area contributed by atoms with Gasteiger partial charge in [-0.2, -0.15) is 0 Å². The summed E-state index contributed by atoms with van der Waals surface area (Å²) >= 11 is 0. The molecule has 0 bridgehead atoms. The number of aliphatic carboxylic acids is 1. The summed E-state index contributed by atoms with van der Waals surface area (Å²) in [5, 5.41) is 9.53. The summed E-state index contributed by atoms with van der Waals surface area (Å²) in [5.41, 5.74) is 2.89. The first-order chi connectivity index (χ1) is 15.1. The van der Waals surface area contributed by atoms with Crippen LogP contribution in [-0.4, -0.2) is 42.8 Å². The van der Waals surface area contributed by atoms with Crippen LogP contribution in [-0.2, 0) is 14.3 Å². The second-order valence-electron chi connectivity index (χ2n) is 9.48. The zero-order chi connectivity index (χ0) is 23.2. The van der Waals surface area contributed by atoms with Crippen LogP contribution in [0.1, 0.15) is 50.0 Å². The number of rotatable bonds is 4. The van der Waals surface area contributed by atoms with Gasteiger partial charge in [0.05, 0.1) is 25.3 Å². The molecule has 7 nitrogen and oxygen atoms in total. The fourth-order valence-corrected chi connectivity index (χ4v) is 4.45. The number of amides is 1. The van der Waals surface area contributed by atoms with Crippen LogP contribution in [0.2, 0.25) is 0 Å². The number of nitrogens with zero attached hydrogens (tertiary/aromatic N) is 1. The van der Waals surface area contributed by atoms with E-state index in [1.54, 1.807) is 12.0 Å². The molecule has 1 amide bonds. The molecule has 32 heavy (non-hydrogen) atoms. The number of carboxylic acid groups (broad SMARTS) is 1. The molecule has 0 unspecified atom stereocenters. The fourth-order valence-electron chi connectivity index (χ4n) is 4.45. The number of anilines is 1. The van der Waals surface area contributed by atoms with Gasteiger partial charge in [-0.25, -0.2) is 0 Å². The van der Waals surface area contributed by atoms with Gasteiger partial charge in [-0.1, -0.05) is 39.0 Å². The van der Waals surface area contributed by atoms with Crippen LogP contribution >= 0.6 is 0 Å². The Bertz CT molecular complexity index is 1060. The Morgan fingerprint density at radius 2 is 2.00 bits per heavy atom. The van der Waals surface area contributed by atoms with E-state index >= 15 is 0 Å². The number of aryl methyl sites for hydroxylation is 1. The average molecular weight is 440 g/mol. The van der Waals surface area contributed by atoms with E-state index in [-0.39, 0.29) is 17.4 Å². The summed E-state index contributed by atoms with van der Waals surface area (Å²) in [5.74, 6) is -0.178. The maximum atomic E-state index is 13.8. The molecular formula is C25H29NO6. The number of hydrogen-bond donors (Lipinski definition) is 1. The molecular weight excluding hydrogens is 410 g/mol. The third kappa shape index (κ3) is 3.93. The van der Waals surface area contributed by atoms with Crippen molar-refractivity contribution in [3.63, 3.8) is 0 Å². The molecule has 0 saturated heterocycles. The number of carboxylic acids is 1. The monoisotopic (exact) mass is 439 g/mol. The average Bonchev–Trinajstić information content (AvgIpc) is 2.84. The normalized spacial score (nSPS) is 22.6. The highest BCUT2D eigenvalue weighted by Gasteiger charge is 2.47. The van der Waals surface area contributed by atoms with E-state index in [1.165, 1.54) is 0 Å². The van der Waals surface area contributed by atoms with Crippen molar-refractivity contribution in [1.29, 1.82) is 0 Å². The maximum Gasteiger partial charge on any atom is 0.306 e. The summed E-state index contributed by atoms with van der Waals surface area (Å²) in [7, 11) is 1.59. The fraction of sp³-hybridized carbons (Fsp3) is 0.440. The minimum atomic E-state index is -1.13. The standard InChI is InChI=1S/C25H29NO6/c1-14-9-17-22-18(10-14)31-13-20(25(2,3)4)26(22)24(29)19(12-21(27)28)32-23(17)15-7-6-8-16(11-15)30-5/h6-11,19-20,23H,12-13H2,1-5H3,(H,27,28)/t19-,20+,23-/m1/s1. The SMILES string of the molecule is COc1cccc([C@H]2O[C@H](CC(=O)O)C(=O)N3c4c(cc(C)cc42)OC[C@H]3C(C)(C)C)c1. The number of carbonyl (C=O) groups excluding carboxylic acids is 1. The predicted octanol–water partition coefficient (Wildman–Crippen LogP) is 4.11. The summed E-state index contributed by atoms with van der Waals surface area (Å²) < 4.78 is 17.8. The highest BCUT2D eigenvalue weighted by atomic mass is 16.5. The first-order valence-corrected chi connectivity index (χ1v) is 10.7. The van der Waals surface area contributed by atoms with E-state index < -0.39 is 24.6 Å².